The van der Waals surface area contributed by atoms with Crippen molar-refractivity contribution >= 4 is 105 Å². The van der Waals surface area contributed by atoms with E-state index in [2.05, 4.69) is 35.9 Å². The van der Waals surface area contributed by atoms with Crippen LogP contribution in [0.3, 0.4) is 0 Å². The number of aliphatic carboxylic acids is 3. The van der Waals surface area contributed by atoms with Crippen molar-refractivity contribution in [2.45, 2.75) is 155 Å². The van der Waals surface area contributed by atoms with Crippen LogP contribution < -0.4 is 38.1 Å². The third-order valence-corrected chi connectivity index (χ3v) is 14.5. The summed E-state index contributed by atoms with van der Waals surface area (Å²) in [6.45, 7) is 2.98. The van der Waals surface area contributed by atoms with Crippen LogP contribution in [0.25, 0.3) is 11.2 Å². The number of carboxylic acids is 3. The number of ketones is 4. The first-order valence-corrected chi connectivity index (χ1v) is 29.0. The Balaban J connectivity index is 1.50. The molecule has 0 bridgehead atoms. The van der Waals surface area contributed by atoms with Gasteiger partial charge in [0.05, 0.1) is 42.4 Å². The number of nitrogens with zero attached hydrogens (tertiary/aromatic N) is 8. The molecule has 0 fully saturated rings. The van der Waals surface area contributed by atoms with Gasteiger partial charge in [0, 0.05) is 116 Å². The predicted octanol–water partition coefficient (Wildman–Crippen LogP) is 0.971. The number of anilines is 3. The lowest BCUT2D eigenvalue weighted by atomic mass is 9.87. The Kier molecular flexibility index (Phi) is 31.3. The van der Waals surface area contributed by atoms with Gasteiger partial charge < -0.3 is 53.4 Å². The van der Waals surface area contributed by atoms with Gasteiger partial charge in [-0.15, -0.1) is 0 Å². The molecule has 2 heterocycles. The monoisotopic (exact) mass is 1270 g/mol. The Hall–Kier alpha value is -9.21. The summed E-state index contributed by atoms with van der Waals surface area (Å²) in [5, 5.41) is 67.7. The Morgan fingerprint density at radius 1 is 0.567 bits per heavy atom. The molecule has 0 spiro atoms. The molecule has 0 radical (unpaired) electrons. The van der Waals surface area contributed by atoms with E-state index in [0.29, 0.717) is 26.6 Å². The molecule has 0 unspecified atom stereocenters. The van der Waals surface area contributed by atoms with Gasteiger partial charge in [0.25, 0.3) is 0 Å². The Morgan fingerprint density at radius 2 is 1.12 bits per heavy atom. The number of carbonyl (C=O) groups is 13. The summed E-state index contributed by atoms with van der Waals surface area (Å²) in [5.41, 5.74) is 19.5. The Morgan fingerprint density at radius 3 is 1.69 bits per heavy atom. The number of carboxylic acid groups (broad SMARTS) is 3. The fourth-order valence-corrected chi connectivity index (χ4v) is 9.21. The molecule has 3 rings (SSSR count). The molecular weight excluding hydrogens is 1180 g/mol. The number of Topliss-reactive ketones (excluding diaryl/α,β-unsaturated/α-hetero) is 4. The van der Waals surface area contributed by atoms with Gasteiger partial charge in [0.15, 0.2) is 28.5 Å². The zero-order valence-electron chi connectivity index (χ0n) is 50.7. The van der Waals surface area contributed by atoms with E-state index in [1.54, 1.807) is 24.1 Å². The number of hydroxylamine groups is 6. The van der Waals surface area contributed by atoms with Crippen LogP contribution in [0, 0.1) is 17.8 Å². The number of fused-ring (bicyclic) bond motifs is 1. The van der Waals surface area contributed by atoms with Crippen LogP contribution in [-0.2, 0) is 64.1 Å². The first-order valence-electron chi connectivity index (χ1n) is 29.0. The van der Waals surface area contributed by atoms with Crippen molar-refractivity contribution in [1.82, 2.24) is 51.1 Å². The fourth-order valence-electron chi connectivity index (χ4n) is 9.21. The Bertz CT molecular complexity index is 3040. The zero-order valence-corrected chi connectivity index (χ0v) is 50.7. The second kappa shape index (κ2) is 37.6. The number of amides is 6. The van der Waals surface area contributed by atoms with E-state index in [0.717, 1.165) is 20.8 Å². The van der Waals surface area contributed by atoms with Crippen molar-refractivity contribution in [3.05, 3.63) is 41.7 Å². The van der Waals surface area contributed by atoms with Gasteiger partial charge in [-0.05, 0) is 88.5 Å². The van der Waals surface area contributed by atoms with E-state index in [1.165, 1.54) is 18.3 Å². The summed E-state index contributed by atoms with van der Waals surface area (Å²) >= 11 is 0. The molecule has 494 valence electrons. The molecule has 0 aliphatic rings. The van der Waals surface area contributed by atoms with Gasteiger partial charge in [-0.3, -0.25) is 73.2 Å². The molecule has 15 N–H and O–H groups in total. The number of benzene rings is 1. The lowest BCUT2D eigenvalue weighted by Crippen LogP contribution is -2.49. The van der Waals surface area contributed by atoms with E-state index in [9.17, 15) is 93.3 Å². The molecule has 33 nitrogen and oxygen atoms in total. The lowest BCUT2D eigenvalue weighted by molar-refractivity contribution is -0.163. The molecule has 90 heavy (non-hydrogen) atoms. The van der Waals surface area contributed by atoms with E-state index in [1.807, 2.05) is 0 Å². The second-order valence-electron chi connectivity index (χ2n) is 21.7. The first-order chi connectivity index (χ1) is 42.4. The number of nitrogen functional groups attached to an aromatic ring is 2. The molecule has 3 aromatic rings. The summed E-state index contributed by atoms with van der Waals surface area (Å²) in [6, 6.07) is 2.21. The third kappa shape index (κ3) is 26.6. The minimum Gasteiger partial charge on any atom is -0.481 e. The molecule has 2 aromatic heterocycles. The van der Waals surface area contributed by atoms with Crippen molar-refractivity contribution < 1.29 is 93.3 Å². The van der Waals surface area contributed by atoms with E-state index in [4.69, 9.17) is 17.2 Å². The molecule has 0 aliphatic carbocycles. The van der Waals surface area contributed by atoms with Gasteiger partial charge >= 0.3 is 17.9 Å². The first kappa shape index (κ1) is 75.0. The molecule has 33 heteroatoms. The highest BCUT2D eigenvalue weighted by Crippen LogP contribution is 2.23. The molecule has 0 saturated heterocycles. The van der Waals surface area contributed by atoms with Crippen molar-refractivity contribution in [3.63, 3.8) is 0 Å². The van der Waals surface area contributed by atoms with Crippen LogP contribution in [0.2, 0.25) is 0 Å². The van der Waals surface area contributed by atoms with Crippen LogP contribution >= 0.6 is 0 Å². The van der Waals surface area contributed by atoms with Crippen molar-refractivity contribution in [2.75, 3.05) is 49.6 Å². The number of carbonyl (C=O) groups excluding carboxylic acids is 10. The molecule has 0 aliphatic heterocycles. The number of rotatable bonds is 43. The maximum atomic E-state index is 13.9. The maximum absolute atomic E-state index is 13.9. The average Bonchev–Trinajstić information content (AvgIpc) is 1.42. The van der Waals surface area contributed by atoms with E-state index >= 15 is 0 Å². The number of nitrogens with one attached hydrogen (secondary N) is 3. The highest BCUT2D eigenvalue weighted by molar-refractivity contribution is 5.98. The highest BCUT2D eigenvalue weighted by Gasteiger charge is 2.31. The summed E-state index contributed by atoms with van der Waals surface area (Å²) in [5.74, 6) is -14.7. The van der Waals surface area contributed by atoms with Crippen molar-refractivity contribution in [2.24, 2.45) is 23.5 Å². The van der Waals surface area contributed by atoms with E-state index < -0.39 is 151 Å². The summed E-state index contributed by atoms with van der Waals surface area (Å²) in [7, 11) is 1.76. The number of hydrogen-bond donors (Lipinski definition) is 12. The van der Waals surface area contributed by atoms with Gasteiger partial charge in [0.1, 0.15) is 17.6 Å². The quantitative estimate of drug-likeness (QED) is 0.0163. The summed E-state index contributed by atoms with van der Waals surface area (Å²) in [6.07, 6.45) is -2.64. The average molecular weight is 1270 g/mol. The summed E-state index contributed by atoms with van der Waals surface area (Å²) in [4.78, 5) is 182. The van der Waals surface area contributed by atoms with Crippen LogP contribution in [0.1, 0.15) is 146 Å². The minimum absolute atomic E-state index is 0.00492. The zero-order chi connectivity index (χ0) is 67.4. The number of aromatic nitrogens is 4. The highest BCUT2D eigenvalue weighted by atomic mass is 16.5. The third-order valence-electron chi connectivity index (χ3n) is 14.5. The SMILES string of the molecule is CC(=O)N(O)CCC[C@H](CC(=O)[C@H](CCCN(O)C(C)=O)NC(=O)[C@@H](N)CCCN(O)C(C)=O)C(=O)CCCNC(=O)CC[C@H](CC(=O)CC[C@H](NC(=O)CC[C@H](CC(=O)c1ccc(N(C)Cc2cnc3nc(N)nc(N)c3n2)cc1)C(=O)O)C(=O)O)C(=O)O. The molecular formula is C57H82N14O19. The standard InChI is InChI=1S/C57H82N14O19/c1-32(72)69(88)24-6-9-36(28-47(78)43(11-8-26-71(90)34(3)74)65-53(81)42(58)10-7-25-70(89)33(2)73)45(76)12-5-23-61-48(79)21-15-37(54(82)83)27-41(75)19-20-44(56(86)87)64-49(80)22-16-38(55(84)85)29-46(77)35-13-17-40(18-14-35)68(4)31-39-30-62-52-50(63-39)51(59)66-57(60)67-52/h13-14,17-18,30,36-38,42-44,88-90H,5-12,15-16,19-29,31,58H2,1-4H3,(H,61,79)(H,64,80)(H,65,81)(H,82,83)(H,84,85)(H,86,87)(H4,59,60,62,66,67)/t36-,37-,38-,42+,43+,44+/m1/s1. The van der Waals surface area contributed by atoms with Gasteiger partial charge in [-0.25, -0.2) is 30.0 Å². The van der Waals surface area contributed by atoms with Crippen molar-refractivity contribution in [1.29, 1.82) is 0 Å². The number of hydrogen-bond acceptors (Lipinski definition) is 24. The lowest BCUT2D eigenvalue weighted by Gasteiger charge is -2.24. The maximum Gasteiger partial charge on any atom is 0.326 e. The van der Waals surface area contributed by atoms with Crippen LogP contribution in [0.5, 0.6) is 0 Å². The molecule has 6 amide bonds. The molecule has 1 aromatic carbocycles. The smallest absolute Gasteiger partial charge is 0.326 e. The van der Waals surface area contributed by atoms with Crippen LogP contribution in [-0.4, -0.2) is 194 Å². The largest absolute Gasteiger partial charge is 0.481 e. The van der Waals surface area contributed by atoms with Crippen LogP contribution in [0.4, 0.5) is 17.5 Å². The molecule has 0 saturated carbocycles. The van der Waals surface area contributed by atoms with Gasteiger partial charge in [0.2, 0.25) is 41.4 Å². The molecule has 6 atom stereocenters. The number of nitrogens with two attached hydrogens (primary N) is 3. The second-order valence-corrected chi connectivity index (χ2v) is 21.7. The van der Waals surface area contributed by atoms with Crippen molar-refractivity contribution in [3.8, 4) is 0 Å². The minimum atomic E-state index is -1.63. The Labute approximate surface area is 517 Å². The van der Waals surface area contributed by atoms with E-state index in [-0.39, 0.29) is 132 Å². The van der Waals surface area contributed by atoms with Gasteiger partial charge in [-0.1, -0.05) is 0 Å². The van der Waals surface area contributed by atoms with Crippen LogP contribution in [0.15, 0.2) is 30.5 Å². The fraction of sp³-hybridized carbons (Fsp3) is 0.561. The summed E-state index contributed by atoms with van der Waals surface area (Å²) < 4.78 is 0. The topological polar surface area (TPSA) is 522 Å². The van der Waals surface area contributed by atoms with Gasteiger partial charge in [-0.2, -0.15) is 9.97 Å². The predicted molar refractivity (Wildman–Crippen MR) is 316 cm³/mol. The normalized spacial score (nSPS) is 13.1.